The van der Waals surface area contributed by atoms with E-state index in [-0.39, 0.29) is 11.6 Å². The summed E-state index contributed by atoms with van der Waals surface area (Å²) < 4.78 is 5.42. The first-order valence-electron chi connectivity index (χ1n) is 8.57. The Bertz CT molecular complexity index is 928. The molecule has 0 N–H and O–H groups in total. The number of benzene rings is 2. The first kappa shape index (κ1) is 19.6. The molecule has 1 heterocycles. The molecule has 1 aliphatic heterocycles. The summed E-state index contributed by atoms with van der Waals surface area (Å²) in [5.41, 5.74) is 1.50. The fourth-order valence-electron chi connectivity index (χ4n) is 2.53. The monoisotopic (exact) mass is 398 g/mol. The van der Waals surface area contributed by atoms with Crippen LogP contribution in [0.25, 0.3) is 0 Å². The van der Waals surface area contributed by atoms with Gasteiger partial charge in [0.2, 0.25) is 5.91 Å². The van der Waals surface area contributed by atoms with E-state index < -0.39 is 4.92 Å². The molecule has 1 fully saturated rings. The van der Waals surface area contributed by atoms with Gasteiger partial charge in [-0.3, -0.25) is 19.8 Å². The van der Waals surface area contributed by atoms with Crippen LogP contribution in [0.5, 0.6) is 5.75 Å². The van der Waals surface area contributed by atoms with E-state index in [1.807, 2.05) is 31.2 Å². The molecular weight excluding hydrogens is 380 g/mol. The van der Waals surface area contributed by atoms with Crippen LogP contribution in [0.2, 0.25) is 0 Å². The lowest BCUT2D eigenvalue weighted by Gasteiger charge is -2.15. The van der Waals surface area contributed by atoms with E-state index in [0.717, 1.165) is 11.3 Å². The van der Waals surface area contributed by atoms with Gasteiger partial charge < -0.3 is 4.74 Å². The standard InChI is InChI=1S/C19H18N4O4S/c1-2-27-17-8-6-14(7-9-17)12-22-18(24)13-28-19(22)21-20-11-15-4-3-5-16(10-15)23(25)26/h3-11H,2,12-13H2,1H3/b20-11+,21-19-. The van der Waals surface area contributed by atoms with Crippen molar-refractivity contribution in [2.75, 3.05) is 12.4 Å². The number of carbonyl (C=O) groups is 1. The number of amides is 1. The highest BCUT2D eigenvalue weighted by atomic mass is 32.2. The predicted molar refractivity (Wildman–Crippen MR) is 109 cm³/mol. The molecule has 3 rings (SSSR count). The number of carbonyl (C=O) groups excluding carboxylic acids is 1. The van der Waals surface area contributed by atoms with E-state index in [9.17, 15) is 14.9 Å². The Kier molecular flexibility index (Phi) is 6.38. The Morgan fingerprint density at radius 1 is 1.29 bits per heavy atom. The van der Waals surface area contributed by atoms with E-state index in [2.05, 4.69) is 10.2 Å². The van der Waals surface area contributed by atoms with Gasteiger partial charge in [0.1, 0.15) is 5.75 Å². The molecule has 0 bridgehead atoms. The van der Waals surface area contributed by atoms with Crippen LogP contribution < -0.4 is 4.74 Å². The van der Waals surface area contributed by atoms with Crippen molar-refractivity contribution in [3.63, 3.8) is 0 Å². The average Bonchev–Trinajstić information content (AvgIpc) is 3.03. The summed E-state index contributed by atoms with van der Waals surface area (Å²) in [4.78, 5) is 24.1. The third kappa shape index (κ3) is 4.95. The maximum atomic E-state index is 12.2. The normalized spacial score (nSPS) is 15.5. The van der Waals surface area contributed by atoms with Gasteiger partial charge in [0.05, 0.1) is 30.0 Å². The van der Waals surface area contributed by atoms with E-state index in [4.69, 9.17) is 4.74 Å². The Labute approximate surface area is 166 Å². The number of non-ortho nitro benzene ring substituents is 1. The molecule has 0 unspecified atom stereocenters. The lowest BCUT2D eigenvalue weighted by molar-refractivity contribution is -0.384. The largest absolute Gasteiger partial charge is 0.494 e. The van der Waals surface area contributed by atoms with Crippen molar-refractivity contribution in [3.8, 4) is 5.75 Å². The van der Waals surface area contributed by atoms with Crippen molar-refractivity contribution < 1.29 is 14.5 Å². The topological polar surface area (TPSA) is 97.4 Å². The van der Waals surface area contributed by atoms with Gasteiger partial charge >= 0.3 is 0 Å². The number of nitro benzene ring substituents is 1. The average molecular weight is 398 g/mol. The third-order valence-corrected chi connectivity index (χ3v) is 4.81. The second-order valence-corrected chi connectivity index (χ2v) is 6.77. The van der Waals surface area contributed by atoms with E-state index in [0.29, 0.717) is 29.6 Å². The molecule has 9 heteroatoms. The van der Waals surface area contributed by atoms with Crippen LogP contribution >= 0.6 is 11.8 Å². The van der Waals surface area contributed by atoms with Crippen molar-refractivity contribution in [1.82, 2.24) is 4.90 Å². The van der Waals surface area contributed by atoms with Crippen LogP contribution in [0, 0.1) is 10.1 Å². The minimum absolute atomic E-state index is 0.0147. The minimum atomic E-state index is -0.465. The van der Waals surface area contributed by atoms with Crippen molar-refractivity contribution in [2.24, 2.45) is 10.2 Å². The molecule has 8 nitrogen and oxygen atoms in total. The first-order chi connectivity index (χ1) is 13.6. The number of thioether (sulfide) groups is 1. The molecule has 2 aromatic carbocycles. The quantitative estimate of drug-likeness (QED) is 0.404. The molecule has 1 saturated heterocycles. The zero-order valence-corrected chi connectivity index (χ0v) is 16.0. The zero-order chi connectivity index (χ0) is 19.9. The van der Waals surface area contributed by atoms with Gasteiger partial charge in [0, 0.05) is 17.7 Å². The molecule has 0 atom stereocenters. The van der Waals surface area contributed by atoms with Crippen molar-refractivity contribution in [3.05, 3.63) is 69.8 Å². The van der Waals surface area contributed by atoms with Crippen LogP contribution in [0.3, 0.4) is 0 Å². The van der Waals surface area contributed by atoms with E-state index >= 15 is 0 Å². The molecule has 28 heavy (non-hydrogen) atoms. The number of rotatable bonds is 7. The molecule has 0 aromatic heterocycles. The summed E-state index contributed by atoms with van der Waals surface area (Å²) in [6, 6.07) is 13.6. The molecular formula is C19H18N4O4S. The van der Waals surface area contributed by atoms with Crippen LogP contribution in [-0.4, -0.2) is 39.5 Å². The second kappa shape index (κ2) is 9.14. The number of nitro groups is 1. The van der Waals surface area contributed by atoms with Crippen LogP contribution in [0.4, 0.5) is 5.69 Å². The Morgan fingerprint density at radius 2 is 2.07 bits per heavy atom. The molecule has 0 saturated carbocycles. The molecule has 1 aliphatic rings. The number of hydrogen-bond acceptors (Lipinski definition) is 7. The maximum absolute atomic E-state index is 12.2. The SMILES string of the molecule is CCOc1ccc(CN2C(=O)CS/C2=N\N=C\c2cccc([N+](=O)[O-])c2)cc1. The predicted octanol–water partition coefficient (Wildman–Crippen LogP) is 3.46. The third-order valence-electron chi connectivity index (χ3n) is 3.86. The van der Waals surface area contributed by atoms with Crippen molar-refractivity contribution in [2.45, 2.75) is 13.5 Å². The molecule has 0 aliphatic carbocycles. The van der Waals surface area contributed by atoms with Crippen LogP contribution in [0.15, 0.2) is 58.7 Å². The maximum Gasteiger partial charge on any atom is 0.270 e. The highest BCUT2D eigenvalue weighted by Gasteiger charge is 2.28. The van der Waals surface area contributed by atoms with Gasteiger partial charge in [-0.15, -0.1) is 5.10 Å². The molecule has 144 valence electrons. The van der Waals surface area contributed by atoms with Gasteiger partial charge in [-0.25, -0.2) is 0 Å². The summed E-state index contributed by atoms with van der Waals surface area (Å²) in [5, 5.41) is 19.4. The zero-order valence-electron chi connectivity index (χ0n) is 15.1. The highest BCUT2D eigenvalue weighted by molar-refractivity contribution is 8.15. The van der Waals surface area contributed by atoms with Crippen molar-refractivity contribution in [1.29, 1.82) is 0 Å². The molecule has 0 radical (unpaired) electrons. The van der Waals surface area contributed by atoms with Crippen LogP contribution in [-0.2, 0) is 11.3 Å². The number of nitrogens with zero attached hydrogens (tertiary/aromatic N) is 4. The summed E-state index contributed by atoms with van der Waals surface area (Å²) >= 11 is 1.31. The van der Waals surface area contributed by atoms with Gasteiger partial charge in [-0.2, -0.15) is 5.10 Å². The van der Waals surface area contributed by atoms with Gasteiger partial charge in [-0.05, 0) is 24.6 Å². The van der Waals surface area contributed by atoms with Gasteiger partial charge in [-0.1, -0.05) is 36.0 Å². The fraction of sp³-hybridized carbons (Fsp3) is 0.211. The molecule has 0 spiro atoms. The Balaban J connectivity index is 1.70. The summed E-state index contributed by atoms with van der Waals surface area (Å²) in [6.07, 6.45) is 1.43. The van der Waals surface area contributed by atoms with Crippen LogP contribution in [0.1, 0.15) is 18.1 Å². The Hall–Kier alpha value is -3.20. The summed E-state index contributed by atoms with van der Waals surface area (Å²) in [6.45, 7) is 2.91. The van der Waals surface area contributed by atoms with E-state index in [1.54, 1.807) is 17.0 Å². The summed E-state index contributed by atoms with van der Waals surface area (Å²) in [7, 11) is 0. The van der Waals surface area contributed by atoms with Crippen molar-refractivity contribution >= 4 is 34.7 Å². The minimum Gasteiger partial charge on any atom is -0.494 e. The lowest BCUT2D eigenvalue weighted by Crippen LogP contribution is -2.28. The Morgan fingerprint density at radius 3 is 2.79 bits per heavy atom. The number of ether oxygens (including phenoxy) is 1. The molecule has 2 aromatic rings. The second-order valence-electron chi connectivity index (χ2n) is 5.82. The first-order valence-corrected chi connectivity index (χ1v) is 9.55. The fourth-order valence-corrected chi connectivity index (χ4v) is 3.37. The smallest absolute Gasteiger partial charge is 0.270 e. The lowest BCUT2D eigenvalue weighted by atomic mass is 10.2. The number of amidine groups is 1. The van der Waals surface area contributed by atoms with E-state index in [1.165, 1.54) is 30.1 Å². The number of hydrogen-bond donors (Lipinski definition) is 0. The van der Waals surface area contributed by atoms with Gasteiger partial charge in [0.15, 0.2) is 5.17 Å². The highest BCUT2D eigenvalue weighted by Crippen LogP contribution is 2.23. The molecule has 1 amide bonds. The van der Waals surface area contributed by atoms with Gasteiger partial charge in [0.25, 0.3) is 5.69 Å². The summed E-state index contributed by atoms with van der Waals surface area (Å²) in [5.74, 6) is 1.05.